The largest absolute Gasteiger partial charge is 0.383 e. The summed E-state index contributed by atoms with van der Waals surface area (Å²) in [6.45, 7) is 2.09. The average Bonchev–Trinajstić information content (AvgIpc) is 2.82. The van der Waals surface area contributed by atoms with Gasteiger partial charge in [-0.05, 0) is 48.9 Å². The SMILES string of the molecule is Cc1ccc2c(N)nccc2c1N(c1ccccc1)c1ncccc1-c1ccncn1. The first kappa shape index (κ1) is 18.7. The van der Waals surface area contributed by atoms with Crippen molar-refractivity contribution >= 4 is 33.8 Å². The number of fused-ring (bicyclic) bond motifs is 1. The maximum Gasteiger partial charge on any atom is 0.147 e. The van der Waals surface area contributed by atoms with E-state index >= 15 is 0 Å². The van der Waals surface area contributed by atoms with Crippen LogP contribution in [0.15, 0.2) is 91.6 Å². The molecule has 0 aliphatic carbocycles. The molecule has 0 amide bonds. The van der Waals surface area contributed by atoms with E-state index in [9.17, 15) is 0 Å². The van der Waals surface area contributed by atoms with E-state index in [2.05, 4.69) is 45.0 Å². The Morgan fingerprint density at radius 3 is 2.42 bits per heavy atom. The van der Waals surface area contributed by atoms with E-state index in [1.165, 1.54) is 0 Å². The van der Waals surface area contributed by atoms with E-state index in [1.54, 1.807) is 24.9 Å². The molecule has 3 heterocycles. The molecular formula is C25H20N6. The highest BCUT2D eigenvalue weighted by molar-refractivity contribution is 6.04. The molecular weight excluding hydrogens is 384 g/mol. The van der Waals surface area contributed by atoms with Gasteiger partial charge in [0.2, 0.25) is 0 Å². The molecule has 6 nitrogen and oxygen atoms in total. The summed E-state index contributed by atoms with van der Waals surface area (Å²) in [5.41, 5.74) is 11.0. The van der Waals surface area contributed by atoms with Crippen LogP contribution in [0.1, 0.15) is 5.56 Å². The van der Waals surface area contributed by atoms with Crippen LogP contribution in [0.2, 0.25) is 0 Å². The Bertz CT molecular complexity index is 1350. The van der Waals surface area contributed by atoms with Crippen LogP contribution in [0, 0.1) is 6.92 Å². The lowest BCUT2D eigenvalue weighted by molar-refractivity contribution is 1.14. The van der Waals surface area contributed by atoms with Crippen LogP contribution < -0.4 is 10.6 Å². The van der Waals surface area contributed by atoms with Crippen molar-refractivity contribution in [3.05, 3.63) is 97.2 Å². The molecule has 0 atom stereocenters. The Morgan fingerprint density at radius 2 is 1.61 bits per heavy atom. The maximum atomic E-state index is 6.21. The van der Waals surface area contributed by atoms with Gasteiger partial charge in [-0.2, -0.15) is 0 Å². The molecule has 0 spiro atoms. The summed E-state index contributed by atoms with van der Waals surface area (Å²) < 4.78 is 0. The van der Waals surface area contributed by atoms with Crippen molar-refractivity contribution in [2.45, 2.75) is 6.92 Å². The molecule has 0 unspecified atom stereocenters. The van der Waals surface area contributed by atoms with E-state index in [0.717, 1.165) is 44.8 Å². The van der Waals surface area contributed by atoms with Crippen LogP contribution in [-0.2, 0) is 0 Å². The molecule has 0 aliphatic rings. The monoisotopic (exact) mass is 404 g/mol. The number of pyridine rings is 2. The number of anilines is 4. The molecule has 5 aromatic rings. The first-order valence-corrected chi connectivity index (χ1v) is 9.94. The third-order valence-corrected chi connectivity index (χ3v) is 5.24. The Hall–Kier alpha value is -4.32. The van der Waals surface area contributed by atoms with E-state index in [0.29, 0.717) is 5.82 Å². The maximum absolute atomic E-state index is 6.21. The molecule has 31 heavy (non-hydrogen) atoms. The number of benzene rings is 2. The van der Waals surface area contributed by atoms with Gasteiger partial charge in [0.15, 0.2) is 0 Å². The Labute approximate surface area is 180 Å². The zero-order valence-electron chi connectivity index (χ0n) is 17.0. The summed E-state index contributed by atoms with van der Waals surface area (Å²) in [6.07, 6.45) is 6.83. The number of hydrogen-bond donors (Lipinski definition) is 1. The number of aryl methyl sites for hydroxylation is 1. The fraction of sp³-hybridized carbons (Fsp3) is 0.0400. The van der Waals surface area contributed by atoms with E-state index < -0.39 is 0 Å². The first-order chi connectivity index (χ1) is 15.2. The number of hydrogen-bond acceptors (Lipinski definition) is 6. The quantitative estimate of drug-likeness (QED) is 0.429. The summed E-state index contributed by atoms with van der Waals surface area (Å²) in [6, 6.07) is 22.1. The van der Waals surface area contributed by atoms with E-state index in [1.807, 2.05) is 48.5 Å². The van der Waals surface area contributed by atoms with E-state index in [-0.39, 0.29) is 0 Å². The second-order valence-corrected chi connectivity index (χ2v) is 7.16. The van der Waals surface area contributed by atoms with Gasteiger partial charge in [0.05, 0.1) is 11.4 Å². The minimum atomic E-state index is 0.504. The molecule has 3 aromatic heterocycles. The summed E-state index contributed by atoms with van der Waals surface area (Å²) in [5.74, 6) is 1.28. The average molecular weight is 404 g/mol. The summed E-state index contributed by atoms with van der Waals surface area (Å²) in [4.78, 5) is 19.8. The summed E-state index contributed by atoms with van der Waals surface area (Å²) >= 11 is 0. The zero-order valence-corrected chi connectivity index (χ0v) is 17.0. The molecule has 0 aliphatic heterocycles. The third-order valence-electron chi connectivity index (χ3n) is 5.24. The lowest BCUT2D eigenvalue weighted by Crippen LogP contribution is -2.15. The Morgan fingerprint density at radius 1 is 0.742 bits per heavy atom. The van der Waals surface area contributed by atoms with Crippen LogP contribution in [0.3, 0.4) is 0 Å². The van der Waals surface area contributed by atoms with Gasteiger partial charge < -0.3 is 5.73 Å². The molecule has 0 bridgehead atoms. The molecule has 0 fully saturated rings. The molecule has 150 valence electrons. The van der Waals surface area contributed by atoms with Gasteiger partial charge in [-0.1, -0.05) is 30.3 Å². The van der Waals surface area contributed by atoms with Gasteiger partial charge in [-0.15, -0.1) is 0 Å². The van der Waals surface area contributed by atoms with Crippen LogP contribution in [0.25, 0.3) is 22.0 Å². The van der Waals surface area contributed by atoms with E-state index in [4.69, 9.17) is 10.7 Å². The second-order valence-electron chi connectivity index (χ2n) is 7.16. The lowest BCUT2D eigenvalue weighted by Gasteiger charge is -2.29. The molecule has 5 rings (SSSR count). The van der Waals surface area contributed by atoms with Gasteiger partial charge in [-0.3, -0.25) is 4.90 Å². The van der Waals surface area contributed by atoms with Crippen LogP contribution >= 0.6 is 0 Å². The number of para-hydroxylation sites is 1. The number of aromatic nitrogens is 4. The highest BCUT2D eigenvalue weighted by Crippen LogP contribution is 2.43. The van der Waals surface area contributed by atoms with Gasteiger partial charge in [0.1, 0.15) is 18.0 Å². The highest BCUT2D eigenvalue weighted by Gasteiger charge is 2.22. The van der Waals surface area contributed by atoms with Crippen molar-refractivity contribution in [2.24, 2.45) is 0 Å². The highest BCUT2D eigenvalue weighted by atomic mass is 15.2. The number of nitrogens with zero attached hydrogens (tertiary/aromatic N) is 5. The molecule has 0 saturated carbocycles. The van der Waals surface area contributed by atoms with Crippen molar-refractivity contribution in [3.8, 4) is 11.3 Å². The van der Waals surface area contributed by atoms with Crippen molar-refractivity contribution < 1.29 is 0 Å². The molecule has 6 heteroatoms. The van der Waals surface area contributed by atoms with Gasteiger partial charge in [0.25, 0.3) is 0 Å². The number of nitrogen functional groups attached to an aromatic ring is 1. The Kier molecular flexibility index (Phi) is 4.72. The predicted molar refractivity (Wildman–Crippen MR) is 124 cm³/mol. The first-order valence-electron chi connectivity index (χ1n) is 9.94. The van der Waals surface area contributed by atoms with Crippen LogP contribution in [-0.4, -0.2) is 19.9 Å². The fourth-order valence-electron chi connectivity index (χ4n) is 3.83. The van der Waals surface area contributed by atoms with Gasteiger partial charge in [0, 0.05) is 40.6 Å². The topological polar surface area (TPSA) is 80.8 Å². The smallest absolute Gasteiger partial charge is 0.147 e. The van der Waals surface area contributed by atoms with Gasteiger partial charge >= 0.3 is 0 Å². The Balaban J connectivity index is 1.85. The molecule has 0 radical (unpaired) electrons. The minimum Gasteiger partial charge on any atom is -0.383 e. The molecule has 2 aromatic carbocycles. The predicted octanol–water partition coefficient (Wildman–Crippen LogP) is 5.45. The van der Waals surface area contributed by atoms with Gasteiger partial charge in [-0.25, -0.2) is 19.9 Å². The zero-order chi connectivity index (χ0) is 21.2. The van der Waals surface area contributed by atoms with Crippen molar-refractivity contribution in [1.82, 2.24) is 19.9 Å². The van der Waals surface area contributed by atoms with Crippen molar-refractivity contribution in [3.63, 3.8) is 0 Å². The van der Waals surface area contributed by atoms with Crippen LogP contribution in [0.4, 0.5) is 23.0 Å². The summed E-state index contributed by atoms with van der Waals surface area (Å²) in [5, 5.41) is 1.92. The number of rotatable bonds is 4. The standard InChI is InChI=1S/C25H20N6/c1-17-9-10-20-19(11-15-28-24(20)26)23(17)31(18-6-3-2-4-7-18)25-21(8-5-13-29-25)22-12-14-27-16-30-22/h2-16H,1H3,(H2,26,28). The van der Waals surface area contributed by atoms with Crippen molar-refractivity contribution in [1.29, 1.82) is 0 Å². The minimum absolute atomic E-state index is 0.504. The lowest BCUT2D eigenvalue weighted by atomic mass is 10.0. The van der Waals surface area contributed by atoms with Crippen molar-refractivity contribution in [2.75, 3.05) is 10.6 Å². The van der Waals surface area contributed by atoms with Crippen LogP contribution in [0.5, 0.6) is 0 Å². The summed E-state index contributed by atoms with van der Waals surface area (Å²) in [7, 11) is 0. The molecule has 0 saturated heterocycles. The third kappa shape index (κ3) is 3.34. The fourth-order valence-corrected chi connectivity index (χ4v) is 3.83. The molecule has 2 N–H and O–H groups in total. The number of nitrogens with two attached hydrogens (primary N) is 1. The second kappa shape index (κ2) is 7.84. The normalized spacial score (nSPS) is 10.9.